The van der Waals surface area contributed by atoms with Crippen molar-refractivity contribution in [2.45, 2.75) is 6.10 Å². The molecule has 1 unspecified atom stereocenters. The van der Waals surface area contributed by atoms with E-state index < -0.39 is 12.1 Å². The number of urea groups is 1. The highest BCUT2D eigenvalue weighted by Gasteiger charge is 2.29. The van der Waals surface area contributed by atoms with Crippen LogP contribution in [-0.4, -0.2) is 11.9 Å². The average Bonchev–Trinajstić information content (AvgIpc) is 2.68. The van der Waals surface area contributed by atoms with E-state index in [-0.39, 0.29) is 5.91 Å². The predicted octanol–water partition coefficient (Wildman–Crippen LogP) is 5.06. The summed E-state index contributed by atoms with van der Waals surface area (Å²) in [4.78, 5) is 24.6. The average molecular weight is 394 g/mol. The molecule has 3 amide bonds. The molecule has 0 radical (unpaired) electrons. The number of hydrogen-bond acceptors (Lipinski definition) is 3. The maximum Gasteiger partial charge on any atom is 0.323 e. The molecule has 1 aliphatic rings. The third kappa shape index (κ3) is 3.92. The number of hydrogen-bond donors (Lipinski definition) is 3. The summed E-state index contributed by atoms with van der Waals surface area (Å²) in [5.74, 6) is 0.272. The van der Waals surface area contributed by atoms with Gasteiger partial charge in [-0.25, -0.2) is 4.79 Å². The molecular formula is C21H16ClN3O3. The van der Waals surface area contributed by atoms with Gasteiger partial charge in [0.1, 0.15) is 5.75 Å². The van der Waals surface area contributed by atoms with Gasteiger partial charge < -0.3 is 20.7 Å². The van der Waals surface area contributed by atoms with Crippen LogP contribution in [0.15, 0.2) is 72.8 Å². The van der Waals surface area contributed by atoms with Gasteiger partial charge >= 0.3 is 6.03 Å². The lowest BCUT2D eigenvalue weighted by Gasteiger charge is -2.26. The molecule has 0 aliphatic carbocycles. The smallest absolute Gasteiger partial charge is 0.323 e. The Morgan fingerprint density at radius 2 is 1.68 bits per heavy atom. The Morgan fingerprint density at radius 1 is 0.929 bits per heavy atom. The maximum absolute atomic E-state index is 12.4. The second-order valence-corrected chi connectivity index (χ2v) is 6.63. The van der Waals surface area contributed by atoms with E-state index in [1.165, 1.54) is 0 Å². The molecule has 3 N–H and O–H groups in total. The second-order valence-electron chi connectivity index (χ2n) is 6.20. The van der Waals surface area contributed by atoms with E-state index in [1.807, 2.05) is 30.3 Å². The highest BCUT2D eigenvalue weighted by atomic mass is 35.5. The van der Waals surface area contributed by atoms with Gasteiger partial charge in [-0.05, 0) is 36.4 Å². The standard InChI is InChI=1S/C21H16ClN3O3/c22-14-7-4-8-15(11-14)23-21(27)24-16-9-10-18-17(12-16)25-20(26)19(28-18)13-5-2-1-3-6-13/h1-12,19H,(H,25,26)(H2,23,24,27). The van der Waals surface area contributed by atoms with E-state index in [0.29, 0.717) is 27.8 Å². The second kappa shape index (κ2) is 7.62. The fraction of sp³-hybridized carbons (Fsp3) is 0.0476. The number of carbonyl (C=O) groups excluding carboxylic acids is 2. The topological polar surface area (TPSA) is 79.5 Å². The number of benzene rings is 3. The summed E-state index contributed by atoms with van der Waals surface area (Å²) in [6.45, 7) is 0. The lowest BCUT2D eigenvalue weighted by Crippen LogP contribution is -2.30. The lowest BCUT2D eigenvalue weighted by atomic mass is 10.1. The predicted molar refractivity (Wildman–Crippen MR) is 109 cm³/mol. The van der Waals surface area contributed by atoms with E-state index in [4.69, 9.17) is 16.3 Å². The van der Waals surface area contributed by atoms with Gasteiger partial charge in [-0.3, -0.25) is 4.79 Å². The third-order valence-corrected chi connectivity index (χ3v) is 4.40. The van der Waals surface area contributed by atoms with Crippen molar-refractivity contribution >= 4 is 40.6 Å². The van der Waals surface area contributed by atoms with Gasteiger partial charge in [0.15, 0.2) is 0 Å². The molecule has 4 rings (SSSR count). The summed E-state index contributed by atoms with van der Waals surface area (Å²) < 4.78 is 5.84. The number of halogens is 1. The minimum absolute atomic E-state index is 0.265. The van der Waals surface area contributed by atoms with E-state index in [0.717, 1.165) is 5.56 Å². The number of anilines is 3. The molecular weight excluding hydrogens is 378 g/mol. The zero-order valence-electron chi connectivity index (χ0n) is 14.6. The molecule has 0 aromatic heterocycles. The monoisotopic (exact) mass is 393 g/mol. The molecule has 1 atom stereocenters. The minimum atomic E-state index is -0.710. The first-order chi connectivity index (χ1) is 13.6. The summed E-state index contributed by atoms with van der Waals surface area (Å²) in [5.41, 5.74) is 2.36. The highest BCUT2D eigenvalue weighted by molar-refractivity contribution is 6.30. The Bertz CT molecular complexity index is 1040. The van der Waals surface area contributed by atoms with Crippen LogP contribution < -0.4 is 20.7 Å². The van der Waals surface area contributed by atoms with Crippen LogP contribution >= 0.6 is 11.6 Å². The molecule has 1 aliphatic heterocycles. The SMILES string of the molecule is O=C(Nc1cccc(Cl)c1)Nc1ccc2c(c1)NC(=O)C(c1ccccc1)O2. The van der Waals surface area contributed by atoms with Crippen molar-refractivity contribution in [2.24, 2.45) is 0 Å². The van der Waals surface area contributed by atoms with Crippen LogP contribution in [0.1, 0.15) is 11.7 Å². The van der Waals surface area contributed by atoms with Crippen LogP contribution in [0, 0.1) is 0 Å². The quantitative estimate of drug-likeness (QED) is 0.582. The lowest BCUT2D eigenvalue weighted by molar-refractivity contribution is -0.123. The Balaban J connectivity index is 1.47. The fourth-order valence-electron chi connectivity index (χ4n) is 2.89. The molecule has 7 heteroatoms. The first-order valence-electron chi connectivity index (χ1n) is 8.58. The summed E-state index contributed by atoms with van der Waals surface area (Å²) in [6, 6.07) is 20.7. The Hall–Kier alpha value is -3.51. The fourth-order valence-corrected chi connectivity index (χ4v) is 3.08. The molecule has 0 saturated heterocycles. The molecule has 6 nitrogen and oxygen atoms in total. The number of carbonyl (C=O) groups is 2. The number of ether oxygens (including phenoxy) is 1. The van der Waals surface area contributed by atoms with Gasteiger partial charge in [0.2, 0.25) is 6.10 Å². The number of fused-ring (bicyclic) bond motifs is 1. The van der Waals surface area contributed by atoms with Crippen molar-refractivity contribution in [2.75, 3.05) is 16.0 Å². The van der Waals surface area contributed by atoms with Crippen molar-refractivity contribution in [1.29, 1.82) is 0 Å². The van der Waals surface area contributed by atoms with Gasteiger partial charge in [0.25, 0.3) is 5.91 Å². The van der Waals surface area contributed by atoms with E-state index >= 15 is 0 Å². The highest BCUT2D eigenvalue weighted by Crippen LogP contribution is 2.36. The summed E-state index contributed by atoms with van der Waals surface area (Å²) in [5, 5.41) is 8.77. The number of nitrogens with one attached hydrogen (secondary N) is 3. The van der Waals surface area contributed by atoms with E-state index in [9.17, 15) is 9.59 Å². The van der Waals surface area contributed by atoms with Crippen LogP contribution in [0.5, 0.6) is 5.75 Å². The maximum atomic E-state index is 12.4. The molecule has 3 aromatic carbocycles. The van der Waals surface area contributed by atoms with Crippen molar-refractivity contribution in [3.63, 3.8) is 0 Å². The molecule has 1 heterocycles. The minimum Gasteiger partial charge on any atom is -0.474 e. The van der Waals surface area contributed by atoms with E-state index in [1.54, 1.807) is 42.5 Å². The summed E-state index contributed by atoms with van der Waals surface area (Å²) in [6.07, 6.45) is -0.710. The molecule has 0 spiro atoms. The number of rotatable bonds is 3. The van der Waals surface area contributed by atoms with Gasteiger partial charge in [-0.15, -0.1) is 0 Å². The Morgan fingerprint density at radius 3 is 2.43 bits per heavy atom. The molecule has 28 heavy (non-hydrogen) atoms. The third-order valence-electron chi connectivity index (χ3n) is 4.16. The van der Waals surface area contributed by atoms with Crippen molar-refractivity contribution < 1.29 is 14.3 Å². The van der Waals surface area contributed by atoms with Crippen molar-refractivity contribution in [1.82, 2.24) is 0 Å². The zero-order chi connectivity index (χ0) is 19.5. The van der Waals surface area contributed by atoms with Crippen LogP contribution in [0.2, 0.25) is 5.02 Å². The Kier molecular flexibility index (Phi) is 4.87. The van der Waals surface area contributed by atoms with Crippen molar-refractivity contribution in [3.8, 4) is 5.75 Å². The first-order valence-corrected chi connectivity index (χ1v) is 8.96. The molecule has 0 bridgehead atoms. The van der Waals surface area contributed by atoms with Gasteiger partial charge in [-0.1, -0.05) is 48.0 Å². The normalized spacial score (nSPS) is 15.0. The largest absolute Gasteiger partial charge is 0.474 e. The van der Waals surface area contributed by atoms with Gasteiger partial charge in [0.05, 0.1) is 5.69 Å². The molecule has 3 aromatic rings. The van der Waals surface area contributed by atoms with Gasteiger partial charge in [-0.2, -0.15) is 0 Å². The van der Waals surface area contributed by atoms with Gasteiger partial charge in [0, 0.05) is 22.0 Å². The Labute approximate surface area is 166 Å². The number of amides is 3. The zero-order valence-corrected chi connectivity index (χ0v) is 15.4. The molecule has 0 fully saturated rings. The van der Waals surface area contributed by atoms with Crippen LogP contribution in [0.3, 0.4) is 0 Å². The first kappa shape index (κ1) is 17.9. The summed E-state index contributed by atoms with van der Waals surface area (Å²) in [7, 11) is 0. The van der Waals surface area contributed by atoms with Crippen LogP contribution in [-0.2, 0) is 4.79 Å². The summed E-state index contributed by atoms with van der Waals surface area (Å²) >= 11 is 5.91. The van der Waals surface area contributed by atoms with E-state index in [2.05, 4.69) is 16.0 Å². The van der Waals surface area contributed by atoms with Crippen LogP contribution in [0.25, 0.3) is 0 Å². The van der Waals surface area contributed by atoms with Crippen molar-refractivity contribution in [3.05, 3.63) is 83.4 Å². The molecule has 140 valence electrons. The van der Waals surface area contributed by atoms with Crippen LogP contribution in [0.4, 0.5) is 21.9 Å². The molecule has 0 saturated carbocycles.